The van der Waals surface area contributed by atoms with E-state index in [4.69, 9.17) is 16.9 Å². The Morgan fingerprint density at radius 2 is 2.00 bits per heavy atom. The average Bonchev–Trinajstić information content (AvgIpc) is 1.86. The summed E-state index contributed by atoms with van der Waals surface area (Å²) < 4.78 is 0. The summed E-state index contributed by atoms with van der Waals surface area (Å²) in [4.78, 5) is 3.92. The summed E-state index contributed by atoms with van der Waals surface area (Å²) in [6.45, 7) is 2.76. The van der Waals surface area contributed by atoms with E-state index >= 15 is 0 Å². The Hall–Kier alpha value is -0.321. The molecule has 7 heteroatoms. The Labute approximate surface area is 98.0 Å². The van der Waals surface area contributed by atoms with E-state index in [9.17, 15) is 0 Å². The molecule has 1 radical (unpaired) electrons. The Balaban J connectivity index is -0.000000500. The number of nitrogens with zero attached hydrogens (tertiary/aromatic N) is 1. The fourth-order valence-corrected chi connectivity index (χ4v) is 0.535. The summed E-state index contributed by atoms with van der Waals surface area (Å²) in [5.41, 5.74) is 10.3. The quantitative estimate of drug-likeness (QED) is 0.312. The minimum absolute atomic E-state index is 0. The van der Waals surface area contributed by atoms with Crippen molar-refractivity contribution in [1.29, 1.82) is 5.41 Å². The molecular formula is C6H16ClIrN5. The molecule has 0 bridgehead atoms. The molecule has 0 saturated carbocycles. The molecule has 0 aliphatic carbocycles. The van der Waals surface area contributed by atoms with Gasteiger partial charge in [-0.2, -0.15) is 0 Å². The van der Waals surface area contributed by atoms with Crippen LogP contribution in [0.3, 0.4) is 0 Å². The summed E-state index contributed by atoms with van der Waals surface area (Å²) in [6, 6.07) is 0. The fourth-order valence-electron chi connectivity index (χ4n) is 0.535. The zero-order valence-electron chi connectivity index (χ0n) is 7.46. The SMILES string of the molecule is CCCCN=C(N)NC(=N)N.Cl.[Ir]. The molecule has 0 atom stereocenters. The maximum atomic E-state index is 6.81. The van der Waals surface area contributed by atoms with Crippen LogP contribution in [0.5, 0.6) is 0 Å². The number of rotatable bonds is 3. The zero-order chi connectivity index (χ0) is 8.69. The van der Waals surface area contributed by atoms with Crippen LogP contribution in [0.15, 0.2) is 4.99 Å². The molecule has 6 N–H and O–H groups in total. The van der Waals surface area contributed by atoms with Gasteiger partial charge in [-0.15, -0.1) is 12.4 Å². The normalized spacial score (nSPS) is 9.46. The zero-order valence-corrected chi connectivity index (χ0v) is 10.7. The van der Waals surface area contributed by atoms with E-state index in [0.29, 0.717) is 6.54 Å². The molecule has 0 heterocycles. The van der Waals surface area contributed by atoms with Crippen molar-refractivity contribution in [3.63, 3.8) is 0 Å². The Bertz CT molecular complexity index is 161. The first-order chi connectivity index (χ1) is 5.16. The van der Waals surface area contributed by atoms with Crippen molar-refractivity contribution in [2.24, 2.45) is 16.5 Å². The number of hydrogen-bond donors (Lipinski definition) is 4. The van der Waals surface area contributed by atoms with Crippen LogP contribution in [0.25, 0.3) is 0 Å². The van der Waals surface area contributed by atoms with E-state index in [0.717, 1.165) is 12.8 Å². The van der Waals surface area contributed by atoms with Crippen LogP contribution in [0.4, 0.5) is 0 Å². The number of halogens is 1. The summed E-state index contributed by atoms with van der Waals surface area (Å²) in [7, 11) is 0. The number of nitrogens with one attached hydrogen (secondary N) is 2. The van der Waals surface area contributed by atoms with Crippen molar-refractivity contribution < 1.29 is 20.1 Å². The molecule has 0 aromatic carbocycles. The van der Waals surface area contributed by atoms with Gasteiger partial charge < -0.3 is 11.5 Å². The molecule has 81 valence electrons. The van der Waals surface area contributed by atoms with Crippen molar-refractivity contribution in [2.45, 2.75) is 19.8 Å². The molecule has 0 aliphatic rings. The maximum Gasteiger partial charge on any atom is 0.195 e. The Morgan fingerprint density at radius 1 is 1.46 bits per heavy atom. The molecule has 0 amide bonds. The molecule has 0 aliphatic heterocycles. The number of aliphatic imine (C=N–C) groups is 1. The minimum Gasteiger partial charge on any atom is -0.370 e. The van der Waals surface area contributed by atoms with Crippen LogP contribution >= 0.6 is 12.4 Å². The average molecular weight is 386 g/mol. The van der Waals surface area contributed by atoms with Gasteiger partial charge in [0.2, 0.25) is 0 Å². The van der Waals surface area contributed by atoms with Gasteiger partial charge in [-0.05, 0) is 6.42 Å². The van der Waals surface area contributed by atoms with Crippen LogP contribution in [0, 0.1) is 5.41 Å². The largest absolute Gasteiger partial charge is 0.370 e. The summed E-state index contributed by atoms with van der Waals surface area (Å²) in [5.74, 6) is 0.0358. The molecule has 0 rings (SSSR count). The topological polar surface area (TPSA) is 100 Å². The smallest absolute Gasteiger partial charge is 0.195 e. The second-order valence-electron chi connectivity index (χ2n) is 2.16. The summed E-state index contributed by atoms with van der Waals surface area (Å²) >= 11 is 0. The van der Waals surface area contributed by atoms with Gasteiger partial charge in [0.25, 0.3) is 0 Å². The van der Waals surface area contributed by atoms with E-state index in [-0.39, 0.29) is 44.4 Å². The first kappa shape index (κ1) is 18.5. The van der Waals surface area contributed by atoms with Gasteiger partial charge in [0.15, 0.2) is 11.9 Å². The Kier molecular flexibility index (Phi) is 16.6. The van der Waals surface area contributed by atoms with Gasteiger partial charge in [0.1, 0.15) is 0 Å². The standard InChI is InChI=1S/C6H15N5.ClH.Ir/c1-2-3-4-10-6(9)11-5(7)8;;/h2-4H2,1H3,(H6,7,8,9,10,11);1H;. The molecule has 0 fully saturated rings. The first-order valence-electron chi connectivity index (χ1n) is 3.57. The van der Waals surface area contributed by atoms with Crippen molar-refractivity contribution in [2.75, 3.05) is 6.54 Å². The number of unbranched alkanes of at least 4 members (excludes halogenated alkanes) is 1. The molecule has 5 nitrogen and oxygen atoms in total. The van der Waals surface area contributed by atoms with Crippen molar-refractivity contribution >= 4 is 24.3 Å². The van der Waals surface area contributed by atoms with E-state index in [1.807, 2.05) is 0 Å². The van der Waals surface area contributed by atoms with Gasteiger partial charge in [0, 0.05) is 26.7 Å². The molecule has 0 spiro atoms. The van der Waals surface area contributed by atoms with E-state index in [2.05, 4.69) is 17.2 Å². The van der Waals surface area contributed by atoms with Crippen LogP contribution < -0.4 is 16.8 Å². The van der Waals surface area contributed by atoms with Crippen molar-refractivity contribution in [3.8, 4) is 0 Å². The van der Waals surface area contributed by atoms with Gasteiger partial charge in [0.05, 0.1) is 0 Å². The predicted octanol–water partition coefficient (Wildman–Crippen LogP) is 0.00357. The maximum absolute atomic E-state index is 6.81. The molecule has 0 aromatic rings. The van der Waals surface area contributed by atoms with Crippen molar-refractivity contribution in [3.05, 3.63) is 0 Å². The third-order valence-corrected chi connectivity index (χ3v) is 1.06. The first-order valence-corrected chi connectivity index (χ1v) is 3.57. The van der Waals surface area contributed by atoms with E-state index in [1.54, 1.807) is 0 Å². The van der Waals surface area contributed by atoms with Gasteiger partial charge in [-0.3, -0.25) is 15.7 Å². The summed E-state index contributed by atoms with van der Waals surface area (Å²) in [6.07, 6.45) is 2.08. The second kappa shape index (κ2) is 11.7. The second-order valence-corrected chi connectivity index (χ2v) is 2.16. The fraction of sp³-hybridized carbons (Fsp3) is 0.667. The van der Waals surface area contributed by atoms with Gasteiger partial charge >= 0.3 is 0 Å². The monoisotopic (exact) mass is 386 g/mol. The summed E-state index contributed by atoms with van der Waals surface area (Å²) in [5, 5.41) is 9.20. The molecule has 0 unspecified atom stereocenters. The third-order valence-electron chi connectivity index (χ3n) is 1.06. The third kappa shape index (κ3) is 14.5. The van der Waals surface area contributed by atoms with E-state index in [1.165, 1.54) is 0 Å². The van der Waals surface area contributed by atoms with Crippen molar-refractivity contribution in [1.82, 2.24) is 5.32 Å². The van der Waals surface area contributed by atoms with Gasteiger partial charge in [-0.1, -0.05) is 13.3 Å². The number of hydrogen-bond acceptors (Lipinski definition) is 2. The van der Waals surface area contributed by atoms with Gasteiger partial charge in [-0.25, -0.2) is 0 Å². The minimum atomic E-state index is -0.178. The predicted molar refractivity (Wildman–Crippen MR) is 53.7 cm³/mol. The molecular weight excluding hydrogens is 370 g/mol. The number of nitrogens with two attached hydrogens (primary N) is 2. The van der Waals surface area contributed by atoms with E-state index < -0.39 is 0 Å². The molecule has 0 aromatic heterocycles. The number of guanidine groups is 2. The van der Waals surface area contributed by atoms with Crippen LogP contribution in [-0.4, -0.2) is 18.5 Å². The Morgan fingerprint density at radius 3 is 2.38 bits per heavy atom. The van der Waals surface area contributed by atoms with Crippen LogP contribution in [0.1, 0.15) is 19.8 Å². The molecule has 13 heavy (non-hydrogen) atoms. The van der Waals surface area contributed by atoms with Crippen LogP contribution in [0.2, 0.25) is 0 Å². The van der Waals surface area contributed by atoms with Crippen LogP contribution in [-0.2, 0) is 20.1 Å². The molecule has 0 saturated heterocycles.